The highest BCUT2D eigenvalue weighted by molar-refractivity contribution is 5.72. The van der Waals surface area contributed by atoms with Gasteiger partial charge in [0.25, 0.3) is 0 Å². The summed E-state index contributed by atoms with van der Waals surface area (Å²) in [6.07, 6.45) is 3.18. The van der Waals surface area contributed by atoms with Gasteiger partial charge in [-0.3, -0.25) is 0 Å². The third-order valence-corrected chi connectivity index (χ3v) is 4.73. The van der Waals surface area contributed by atoms with Gasteiger partial charge in [0.15, 0.2) is 11.6 Å². The fourth-order valence-electron chi connectivity index (χ4n) is 3.03. The molecule has 4 rings (SSSR count). The summed E-state index contributed by atoms with van der Waals surface area (Å²) in [5.74, 6) is 1.40. The zero-order chi connectivity index (χ0) is 21.1. The van der Waals surface area contributed by atoms with Crippen molar-refractivity contribution in [3.05, 3.63) is 60.2 Å². The Labute approximate surface area is 174 Å². The predicted molar refractivity (Wildman–Crippen MR) is 112 cm³/mol. The topological polar surface area (TPSA) is 95.8 Å². The average Bonchev–Trinajstić information content (AvgIpc) is 2.80. The first-order chi connectivity index (χ1) is 14.6. The van der Waals surface area contributed by atoms with Crippen LogP contribution in [0.5, 0.6) is 11.8 Å². The number of aryl methyl sites for hydroxylation is 1. The molecule has 0 bridgehead atoms. The first kappa shape index (κ1) is 19.4. The van der Waals surface area contributed by atoms with Gasteiger partial charge in [0.2, 0.25) is 11.8 Å². The first-order valence-electron chi connectivity index (χ1n) is 9.29. The second kappa shape index (κ2) is 8.20. The molecule has 0 aliphatic rings. The summed E-state index contributed by atoms with van der Waals surface area (Å²) in [4.78, 5) is 26.8. The fourth-order valence-corrected chi connectivity index (χ4v) is 3.03. The summed E-state index contributed by atoms with van der Waals surface area (Å²) in [6, 6.07) is 11.7. The van der Waals surface area contributed by atoms with E-state index in [0.29, 0.717) is 34.7 Å². The average molecular weight is 400 g/mol. The Hall–Kier alpha value is -3.94. The van der Waals surface area contributed by atoms with E-state index in [1.54, 1.807) is 6.20 Å². The monoisotopic (exact) mass is 400 g/mol. The summed E-state index contributed by atoms with van der Waals surface area (Å²) in [7, 11) is 3.07. The van der Waals surface area contributed by atoms with Crippen molar-refractivity contribution in [3.8, 4) is 45.9 Å². The molecular weight excluding hydrogens is 380 g/mol. The molecule has 0 radical (unpaired) electrons. The van der Waals surface area contributed by atoms with Crippen molar-refractivity contribution in [2.45, 2.75) is 13.8 Å². The molecule has 3 aromatic heterocycles. The lowest BCUT2D eigenvalue weighted by Gasteiger charge is -2.13. The maximum atomic E-state index is 5.57. The molecule has 30 heavy (non-hydrogen) atoms. The molecule has 0 amide bonds. The lowest BCUT2D eigenvalue weighted by atomic mass is 10.1. The first-order valence-corrected chi connectivity index (χ1v) is 9.29. The van der Waals surface area contributed by atoms with Gasteiger partial charge in [0.1, 0.15) is 17.6 Å². The largest absolute Gasteiger partial charge is 0.480 e. The van der Waals surface area contributed by atoms with Crippen LogP contribution in [0.4, 0.5) is 0 Å². The van der Waals surface area contributed by atoms with Gasteiger partial charge in [-0.1, -0.05) is 30.3 Å². The molecule has 0 saturated heterocycles. The standard InChI is InChI=1S/C22H20N6O2/c1-13-14(2)24-12-25-18(13)20-27-21(29-3)17(22(28-20)30-4)19-23-11-10-16(26-19)15-8-6-5-7-9-15/h5-12H,1-4H3. The van der Waals surface area contributed by atoms with Crippen molar-refractivity contribution in [1.82, 2.24) is 29.9 Å². The van der Waals surface area contributed by atoms with Crippen LogP contribution < -0.4 is 9.47 Å². The van der Waals surface area contributed by atoms with Crippen molar-refractivity contribution in [2.75, 3.05) is 14.2 Å². The van der Waals surface area contributed by atoms with Gasteiger partial charge in [-0.05, 0) is 25.5 Å². The van der Waals surface area contributed by atoms with E-state index in [1.807, 2.05) is 50.2 Å². The molecule has 0 aliphatic heterocycles. The van der Waals surface area contributed by atoms with Crippen LogP contribution >= 0.6 is 0 Å². The van der Waals surface area contributed by atoms with E-state index in [0.717, 1.165) is 22.5 Å². The predicted octanol–water partition coefficient (Wildman–Crippen LogP) is 3.69. The smallest absolute Gasteiger partial charge is 0.232 e. The molecule has 8 nitrogen and oxygen atoms in total. The van der Waals surface area contributed by atoms with Crippen LogP contribution in [0.1, 0.15) is 11.3 Å². The van der Waals surface area contributed by atoms with Crippen LogP contribution in [-0.4, -0.2) is 44.1 Å². The van der Waals surface area contributed by atoms with E-state index in [-0.39, 0.29) is 0 Å². The molecule has 0 fully saturated rings. The highest BCUT2D eigenvalue weighted by atomic mass is 16.5. The van der Waals surface area contributed by atoms with Crippen LogP contribution in [-0.2, 0) is 0 Å². The van der Waals surface area contributed by atoms with Crippen molar-refractivity contribution in [2.24, 2.45) is 0 Å². The van der Waals surface area contributed by atoms with Crippen molar-refractivity contribution in [1.29, 1.82) is 0 Å². The second-order valence-corrected chi connectivity index (χ2v) is 6.50. The third-order valence-electron chi connectivity index (χ3n) is 4.73. The Morgan fingerprint density at radius 3 is 2.10 bits per heavy atom. The zero-order valence-corrected chi connectivity index (χ0v) is 17.1. The van der Waals surface area contributed by atoms with Gasteiger partial charge >= 0.3 is 0 Å². The second-order valence-electron chi connectivity index (χ2n) is 6.50. The van der Waals surface area contributed by atoms with E-state index in [9.17, 15) is 0 Å². The molecule has 0 saturated carbocycles. The van der Waals surface area contributed by atoms with E-state index in [4.69, 9.17) is 9.47 Å². The maximum Gasteiger partial charge on any atom is 0.232 e. The molecule has 0 atom stereocenters. The lowest BCUT2D eigenvalue weighted by Crippen LogP contribution is -2.05. The summed E-state index contributed by atoms with van der Waals surface area (Å²) >= 11 is 0. The number of rotatable bonds is 5. The summed E-state index contributed by atoms with van der Waals surface area (Å²) in [5, 5.41) is 0. The minimum absolute atomic E-state index is 0.303. The zero-order valence-electron chi connectivity index (χ0n) is 17.1. The van der Waals surface area contributed by atoms with Gasteiger partial charge in [-0.15, -0.1) is 0 Å². The highest BCUT2D eigenvalue weighted by Crippen LogP contribution is 2.36. The summed E-state index contributed by atoms with van der Waals surface area (Å²) in [5.41, 5.74) is 4.58. The maximum absolute atomic E-state index is 5.57. The molecule has 3 heterocycles. The molecule has 0 spiro atoms. The number of hydrogen-bond donors (Lipinski definition) is 0. The third kappa shape index (κ3) is 3.55. The SMILES string of the molecule is COc1nc(-c2ncnc(C)c2C)nc(OC)c1-c1nccc(-c2ccccc2)n1. The summed E-state index contributed by atoms with van der Waals surface area (Å²) in [6.45, 7) is 3.83. The van der Waals surface area contributed by atoms with Crippen LogP contribution in [0.2, 0.25) is 0 Å². The minimum atomic E-state index is 0.303. The number of ether oxygens (including phenoxy) is 2. The van der Waals surface area contributed by atoms with Crippen molar-refractivity contribution in [3.63, 3.8) is 0 Å². The number of nitrogens with zero attached hydrogens (tertiary/aromatic N) is 6. The van der Waals surface area contributed by atoms with Crippen molar-refractivity contribution >= 4 is 0 Å². The summed E-state index contributed by atoms with van der Waals surface area (Å²) < 4.78 is 11.1. The molecule has 4 aromatic rings. The quantitative estimate of drug-likeness (QED) is 0.500. The fraction of sp³-hybridized carbons (Fsp3) is 0.182. The highest BCUT2D eigenvalue weighted by Gasteiger charge is 2.23. The van der Waals surface area contributed by atoms with Crippen LogP contribution in [0.25, 0.3) is 34.2 Å². The van der Waals surface area contributed by atoms with Crippen molar-refractivity contribution < 1.29 is 9.47 Å². The van der Waals surface area contributed by atoms with E-state index in [2.05, 4.69) is 29.9 Å². The number of aromatic nitrogens is 6. The van der Waals surface area contributed by atoms with Gasteiger partial charge in [-0.25, -0.2) is 19.9 Å². The Morgan fingerprint density at radius 2 is 1.43 bits per heavy atom. The Morgan fingerprint density at radius 1 is 0.733 bits per heavy atom. The van der Waals surface area contributed by atoms with Gasteiger partial charge in [-0.2, -0.15) is 9.97 Å². The molecular formula is C22H20N6O2. The number of benzene rings is 1. The minimum Gasteiger partial charge on any atom is -0.480 e. The molecule has 150 valence electrons. The van der Waals surface area contributed by atoms with Crippen LogP contribution in [0, 0.1) is 13.8 Å². The molecule has 1 aromatic carbocycles. The van der Waals surface area contributed by atoms with E-state index in [1.165, 1.54) is 20.5 Å². The molecule has 8 heteroatoms. The number of hydrogen-bond acceptors (Lipinski definition) is 8. The van der Waals surface area contributed by atoms with Gasteiger partial charge in [0.05, 0.1) is 19.9 Å². The molecule has 0 N–H and O–H groups in total. The van der Waals surface area contributed by atoms with Gasteiger partial charge < -0.3 is 9.47 Å². The number of methoxy groups -OCH3 is 2. The normalized spacial score (nSPS) is 10.7. The van der Waals surface area contributed by atoms with E-state index < -0.39 is 0 Å². The lowest BCUT2D eigenvalue weighted by molar-refractivity contribution is 0.375. The van der Waals surface area contributed by atoms with E-state index >= 15 is 0 Å². The Kier molecular flexibility index (Phi) is 5.30. The van der Waals surface area contributed by atoms with Gasteiger partial charge in [0, 0.05) is 17.5 Å². The molecule has 0 unspecified atom stereocenters. The molecule has 0 aliphatic carbocycles. The Balaban J connectivity index is 1.88. The Bertz CT molecular complexity index is 1170. The van der Waals surface area contributed by atoms with Crippen LogP contribution in [0.3, 0.4) is 0 Å². The van der Waals surface area contributed by atoms with Crippen LogP contribution in [0.15, 0.2) is 48.9 Å².